The Kier molecular flexibility index (Phi) is 4.85. The smallest absolute Gasteiger partial charge is 0.262 e. The Morgan fingerprint density at radius 1 is 1.32 bits per heavy atom. The third-order valence-corrected chi connectivity index (χ3v) is 5.22. The quantitative estimate of drug-likeness (QED) is 0.686. The molecule has 2 heterocycles. The predicted molar refractivity (Wildman–Crippen MR) is 99.3 cm³/mol. The monoisotopic (exact) mass is 357 g/mol. The van der Waals surface area contributed by atoms with Crippen molar-refractivity contribution in [2.75, 3.05) is 5.32 Å². The van der Waals surface area contributed by atoms with E-state index >= 15 is 0 Å². The van der Waals surface area contributed by atoms with Crippen molar-refractivity contribution in [1.29, 1.82) is 0 Å². The molecule has 7 heteroatoms. The second-order valence-corrected chi connectivity index (χ2v) is 6.82. The lowest BCUT2D eigenvalue weighted by molar-refractivity contribution is -0.119. The maximum absolute atomic E-state index is 12.8. The number of thiophene rings is 1. The van der Waals surface area contributed by atoms with E-state index in [1.54, 1.807) is 12.1 Å². The van der Waals surface area contributed by atoms with Gasteiger partial charge in [0.1, 0.15) is 16.6 Å². The Balaban J connectivity index is 1.93. The van der Waals surface area contributed by atoms with E-state index in [4.69, 9.17) is 0 Å². The van der Waals surface area contributed by atoms with Crippen molar-refractivity contribution in [2.45, 2.75) is 32.7 Å². The van der Waals surface area contributed by atoms with Gasteiger partial charge in [-0.25, -0.2) is 4.98 Å². The highest BCUT2D eigenvalue weighted by Gasteiger charge is 2.21. The van der Waals surface area contributed by atoms with Crippen LogP contribution in [0.25, 0.3) is 10.2 Å². The van der Waals surface area contributed by atoms with Crippen molar-refractivity contribution < 1.29 is 9.90 Å². The van der Waals surface area contributed by atoms with E-state index in [1.165, 1.54) is 34.4 Å². The maximum Gasteiger partial charge on any atom is 0.262 e. The van der Waals surface area contributed by atoms with E-state index < -0.39 is 6.04 Å². The molecule has 0 saturated carbocycles. The molecule has 3 aromatic rings. The summed E-state index contributed by atoms with van der Waals surface area (Å²) in [4.78, 5) is 31.5. The molecular weight excluding hydrogens is 338 g/mol. The van der Waals surface area contributed by atoms with E-state index in [9.17, 15) is 14.7 Å². The summed E-state index contributed by atoms with van der Waals surface area (Å²) in [5, 5.41) is 12.6. The molecule has 6 nitrogen and oxygen atoms in total. The molecule has 3 rings (SSSR count). The fourth-order valence-electron chi connectivity index (χ4n) is 2.66. The van der Waals surface area contributed by atoms with Gasteiger partial charge in [-0.1, -0.05) is 13.8 Å². The molecule has 0 bridgehead atoms. The number of aryl methyl sites for hydroxylation is 1. The largest absolute Gasteiger partial charge is 0.508 e. The van der Waals surface area contributed by atoms with Gasteiger partial charge in [0.2, 0.25) is 5.91 Å². The summed E-state index contributed by atoms with van der Waals surface area (Å²) in [6.07, 6.45) is 2.76. The fourth-order valence-corrected chi connectivity index (χ4v) is 3.59. The summed E-state index contributed by atoms with van der Waals surface area (Å²) in [5.74, 6) is -0.164. The molecule has 0 saturated heterocycles. The minimum Gasteiger partial charge on any atom is -0.508 e. The number of carbonyl (C=O) groups excluding carboxylic acids is 1. The molecule has 1 unspecified atom stereocenters. The Morgan fingerprint density at radius 2 is 2.04 bits per heavy atom. The molecule has 0 aliphatic heterocycles. The van der Waals surface area contributed by atoms with Crippen LogP contribution in [-0.2, 0) is 11.2 Å². The van der Waals surface area contributed by atoms with Crippen LogP contribution in [0.4, 0.5) is 5.69 Å². The highest BCUT2D eigenvalue weighted by atomic mass is 32.1. The lowest BCUT2D eigenvalue weighted by Crippen LogP contribution is -2.33. The molecule has 0 aliphatic rings. The number of phenols is 1. The van der Waals surface area contributed by atoms with E-state index in [-0.39, 0.29) is 17.2 Å². The summed E-state index contributed by atoms with van der Waals surface area (Å²) in [6, 6.07) is 7.41. The number of nitrogens with zero attached hydrogens (tertiary/aromatic N) is 2. The van der Waals surface area contributed by atoms with Crippen LogP contribution in [0.15, 0.2) is 41.5 Å². The summed E-state index contributed by atoms with van der Waals surface area (Å²) < 4.78 is 1.39. The van der Waals surface area contributed by atoms with E-state index in [0.29, 0.717) is 22.3 Å². The third kappa shape index (κ3) is 3.41. The molecule has 1 atom stereocenters. The van der Waals surface area contributed by atoms with E-state index in [0.717, 1.165) is 11.3 Å². The predicted octanol–water partition coefficient (Wildman–Crippen LogP) is 3.32. The Morgan fingerprint density at radius 3 is 2.68 bits per heavy atom. The fraction of sp³-hybridized carbons (Fsp3) is 0.278. The molecule has 1 amide bonds. The molecule has 0 spiro atoms. The molecule has 0 aliphatic carbocycles. The zero-order valence-electron chi connectivity index (χ0n) is 14.0. The molecule has 1 aromatic carbocycles. The van der Waals surface area contributed by atoms with Gasteiger partial charge in [0.25, 0.3) is 5.56 Å². The van der Waals surface area contributed by atoms with Gasteiger partial charge in [-0.3, -0.25) is 14.2 Å². The number of rotatable bonds is 5. The molecular formula is C18H19N3O3S. The molecule has 25 heavy (non-hydrogen) atoms. The van der Waals surface area contributed by atoms with Crippen molar-refractivity contribution in [3.63, 3.8) is 0 Å². The van der Waals surface area contributed by atoms with Crippen LogP contribution < -0.4 is 10.9 Å². The average Bonchev–Trinajstić information content (AvgIpc) is 3.04. The first-order chi connectivity index (χ1) is 12.0. The lowest BCUT2D eigenvalue weighted by Gasteiger charge is -2.17. The van der Waals surface area contributed by atoms with Crippen LogP contribution in [0.1, 0.15) is 31.2 Å². The zero-order chi connectivity index (χ0) is 18.0. The minimum atomic E-state index is -0.650. The second-order valence-electron chi connectivity index (χ2n) is 5.70. The van der Waals surface area contributed by atoms with Gasteiger partial charge in [0.15, 0.2) is 0 Å². The highest BCUT2D eigenvalue weighted by molar-refractivity contribution is 7.18. The topological polar surface area (TPSA) is 84.2 Å². The Labute approximate surface area is 148 Å². The van der Waals surface area contributed by atoms with Gasteiger partial charge >= 0.3 is 0 Å². The third-order valence-electron chi connectivity index (χ3n) is 4.04. The lowest BCUT2D eigenvalue weighted by atomic mass is 10.2. The number of aromatic hydroxyl groups is 1. The van der Waals surface area contributed by atoms with E-state index in [2.05, 4.69) is 10.3 Å². The van der Waals surface area contributed by atoms with Gasteiger partial charge in [-0.2, -0.15) is 0 Å². The summed E-state index contributed by atoms with van der Waals surface area (Å²) in [7, 11) is 0. The maximum atomic E-state index is 12.8. The SMILES string of the molecule is CCc1cc2c(=O)n(C(CC)C(=O)Nc3ccc(O)cc3)cnc2s1. The van der Waals surface area contributed by atoms with Crippen LogP contribution >= 0.6 is 11.3 Å². The van der Waals surface area contributed by atoms with Gasteiger partial charge < -0.3 is 10.4 Å². The minimum absolute atomic E-state index is 0.125. The number of nitrogens with one attached hydrogen (secondary N) is 1. The van der Waals surface area contributed by atoms with Crippen molar-refractivity contribution in [1.82, 2.24) is 9.55 Å². The molecule has 130 valence electrons. The number of amides is 1. The van der Waals surface area contributed by atoms with Crippen LogP contribution in [0, 0.1) is 0 Å². The van der Waals surface area contributed by atoms with Gasteiger partial charge in [-0.05, 0) is 43.2 Å². The van der Waals surface area contributed by atoms with Crippen LogP contribution in [-0.4, -0.2) is 20.6 Å². The van der Waals surface area contributed by atoms with Crippen LogP contribution in [0.2, 0.25) is 0 Å². The second kappa shape index (κ2) is 7.06. The van der Waals surface area contributed by atoms with Crippen molar-refractivity contribution in [3.8, 4) is 5.75 Å². The number of benzene rings is 1. The number of phenolic OH excluding ortho intramolecular Hbond substituents is 1. The van der Waals surface area contributed by atoms with Gasteiger partial charge in [0.05, 0.1) is 11.7 Å². The Bertz CT molecular complexity index is 960. The first-order valence-corrected chi connectivity index (χ1v) is 8.94. The van der Waals surface area contributed by atoms with Crippen molar-refractivity contribution in [2.24, 2.45) is 0 Å². The van der Waals surface area contributed by atoms with Crippen molar-refractivity contribution in [3.05, 3.63) is 51.9 Å². The molecule has 2 N–H and O–H groups in total. The normalized spacial score (nSPS) is 12.2. The van der Waals surface area contributed by atoms with Gasteiger partial charge in [0, 0.05) is 10.6 Å². The average molecular weight is 357 g/mol. The standard InChI is InChI=1S/C18H19N3O3S/c1-3-13-9-14-17(25-13)19-10-21(18(14)24)15(4-2)16(23)20-11-5-7-12(22)8-6-11/h5-10,15,22H,3-4H2,1-2H3,(H,20,23). The molecule has 0 fully saturated rings. The number of aromatic nitrogens is 2. The first kappa shape index (κ1) is 17.2. The van der Waals surface area contributed by atoms with Crippen LogP contribution in [0.5, 0.6) is 5.75 Å². The summed E-state index contributed by atoms with van der Waals surface area (Å²) in [6.45, 7) is 3.88. The molecule has 0 radical (unpaired) electrons. The van der Waals surface area contributed by atoms with Gasteiger partial charge in [-0.15, -0.1) is 11.3 Å². The number of hydrogen-bond acceptors (Lipinski definition) is 5. The van der Waals surface area contributed by atoms with Crippen LogP contribution in [0.3, 0.4) is 0 Å². The Hall–Kier alpha value is -2.67. The number of fused-ring (bicyclic) bond motifs is 1. The number of carbonyl (C=O) groups is 1. The molecule has 2 aromatic heterocycles. The van der Waals surface area contributed by atoms with E-state index in [1.807, 2.05) is 19.9 Å². The first-order valence-electron chi connectivity index (χ1n) is 8.13. The summed E-state index contributed by atoms with van der Waals surface area (Å²) >= 11 is 1.50. The zero-order valence-corrected chi connectivity index (χ0v) is 14.8. The van der Waals surface area contributed by atoms with Crippen molar-refractivity contribution >= 4 is 33.1 Å². The summed E-state index contributed by atoms with van der Waals surface area (Å²) in [5.41, 5.74) is 0.362. The number of hydrogen-bond donors (Lipinski definition) is 2. The number of anilines is 1. The highest BCUT2D eigenvalue weighted by Crippen LogP contribution is 2.23.